The number of rotatable bonds is 19. The summed E-state index contributed by atoms with van der Waals surface area (Å²) in [4.78, 5) is 68.9. The van der Waals surface area contributed by atoms with Gasteiger partial charge in [-0.15, -0.1) is 0 Å². The summed E-state index contributed by atoms with van der Waals surface area (Å²) in [6, 6.07) is 23.6. The Labute approximate surface area is 281 Å². The first kappa shape index (κ1) is 37.4. The van der Waals surface area contributed by atoms with Crippen molar-refractivity contribution >= 4 is 29.7 Å². The molecule has 0 saturated carbocycles. The molecule has 0 fully saturated rings. The summed E-state index contributed by atoms with van der Waals surface area (Å²) < 4.78 is 4.92. The largest absolute Gasteiger partial charge is 0.467 e. The minimum Gasteiger partial charge on any atom is -0.467 e. The molecule has 4 unspecified atom stereocenters. The summed E-state index contributed by atoms with van der Waals surface area (Å²) in [6.45, 7) is 1.89. The van der Waals surface area contributed by atoms with Gasteiger partial charge in [0, 0.05) is 19.4 Å². The molecule has 3 aromatic rings. The van der Waals surface area contributed by atoms with Crippen LogP contribution in [0.15, 0.2) is 91.0 Å². The third-order valence-corrected chi connectivity index (χ3v) is 7.51. The fraction of sp³-hybridized carbons (Fsp3) is 0.361. The van der Waals surface area contributed by atoms with Crippen LogP contribution in [0.4, 0.5) is 0 Å². The number of carbonyl (C=O) groups is 5. The van der Waals surface area contributed by atoms with Crippen LogP contribution in [0.5, 0.6) is 0 Å². The first-order chi connectivity index (χ1) is 23.2. The van der Waals surface area contributed by atoms with E-state index in [4.69, 9.17) is 15.3 Å². The van der Waals surface area contributed by atoms with Gasteiger partial charge in [0.15, 0.2) is 0 Å². The molecule has 3 rings (SSSR count). The lowest BCUT2D eigenvalue weighted by Crippen LogP contribution is -2.57. The highest BCUT2D eigenvalue weighted by molar-refractivity contribution is 5.94. The van der Waals surface area contributed by atoms with Gasteiger partial charge in [0.05, 0.1) is 19.6 Å². The molecule has 0 heterocycles. The van der Waals surface area contributed by atoms with Crippen LogP contribution in [-0.2, 0) is 52.8 Å². The lowest BCUT2D eigenvalue weighted by molar-refractivity contribution is -0.150. The van der Waals surface area contributed by atoms with E-state index in [0.29, 0.717) is 25.8 Å². The number of esters is 1. The van der Waals surface area contributed by atoms with Crippen molar-refractivity contribution in [1.82, 2.24) is 21.4 Å². The van der Waals surface area contributed by atoms with Gasteiger partial charge in [-0.3, -0.25) is 19.2 Å². The zero-order valence-electron chi connectivity index (χ0n) is 27.4. The van der Waals surface area contributed by atoms with Crippen molar-refractivity contribution in [3.63, 3.8) is 0 Å². The molecule has 0 aliphatic rings. The number of carbonyl (C=O) groups excluding carboxylic acids is 5. The lowest BCUT2D eigenvalue weighted by atomic mass is 10.0. The zero-order valence-corrected chi connectivity index (χ0v) is 27.4. The maximum Gasteiger partial charge on any atom is 0.329 e. The molecule has 4 atom stereocenters. The van der Waals surface area contributed by atoms with Crippen LogP contribution in [0.25, 0.3) is 0 Å². The first-order valence-electron chi connectivity index (χ1n) is 15.9. The normalized spacial score (nSPS) is 13.2. The van der Waals surface area contributed by atoms with E-state index in [1.165, 1.54) is 14.0 Å². The van der Waals surface area contributed by atoms with Gasteiger partial charge in [-0.25, -0.2) is 4.79 Å². The van der Waals surface area contributed by atoms with E-state index >= 15 is 0 Å². The Morgan fingerprint density at radius 3 is 1.75 bits per heavy atom. The summed E-state index contributed by atoms with van der Waals surface area (Å²) in [6.07, 6.45) is 2.02. The lowest BCUT2D eigenvalue weighted by Gasteiger charge is -2.24. The summed E-state index contributed by atoms with van der Waals surface area (Å²) >= 11 is 0. The average Bonchev–Trinajstić information content (AvgIpc) is 3.09. The van der Waals surface area contributed by atoms with Crippen LogP contribution in [0.1, 0.15) is 42.9 Å². The Hall–Kier alpha value is -5.07. The van der Waals surface area contributed by atoms with Gasteiger partial charge < -0.3 is 31.3 Å². The highest BCUT2D eigenvalue weighted by Crippen LogP contribution is 2.08. The molecule has 0 radical (unpaired) electrons. The number of hydrogen-bond donors (Lipinski definition) is 5. The number of amides is 3. The van der Waals surface area contributed by atoms with E-state index in [1.54, 1.807) is 0 Å². The molecule has 256 valence electrons. The van der Waals surface area contributed by atoms with Crippen molar-refractivity contribution in [2.24, 2.45) is 5.73 Å². The minimum absolute atomic E-state index is 0.146. The molecule has 48 heavy (non-hydrogen) atoms. The highest BCUT2D eigenvalue weighted by atomic mass is 16.7. The van der Waals surface area contributed by atoms with E-state index in [2.05, 4.69) is 21.4 Å². The number of hydrogen-bond acceptors (Lipinski definition) is 9. The van der Waals surface area contributed by atoms with Crippen molar-refractivity contribution in [1.29, 1.82) is 0 Å². The van der Waals surface area contributed by atoms with E-state index < -0.39 is 53.8 Å². The van der Waals surface area contributed by atoms with Gasteiger partial charge in [-0.05, 0) is 42.9 Å². The highest BCUT2D eigenvalue weighted by Gasteiger charge is 2.29. The molecule has 0 spiro atoms. The van der Waals surface area contributed by atoms with Gasteiger partial charge in [-0.1, -0.05) is 91.0 Å². The number of nitrogens with one attached hydrogen (secondary N) is 4. The second-order valence-electron chi connectivity index (χ2n) is 11.4. The molecule has 12 nitrogen and oxygen atoms in total. The van der Waals surface area contributed by atoms with Crippen LogP contribution >= 0.6 is 0 Å². The van der Waals surface area contributed by atoms with Gasteiger partial charge >= 0.3 is 11.9 Å². The van der Waals surface area contributed by atoms with Crippen LogP contribution in [0.2, 0.25) is 0 Å². The van der Waals surface area contributed by atoms with Gasteiger partial charge in [0.2, 0.25) is 17.7 Å². The van der Waals surface area contributed by atoms with Crippen molar-refractivity contribution in [2.45, 2.75) is 69.6 Å². The number of methoxy groups -OCH3 is 1. The van der Waals surface area contributed by atoms with Gasteiger partial charge in [-0.2, -0.15) is 5.48 Å². The molecule has 0 saturated heterocycles. The summed E-state index contributed by atoms with van der Waals surface area (Å²) in [5, 5.41) is 8.06. The zero-order chi connectivity index (χ0) is 34.7. The number of unbranched alkanes of at least 4 members (excludes halogenated alkanes) is 1. The SMILES string of the molecule is COC(=O)C(Cc1ccccc1)NC(=O)C(Cc1ccccc1)NC(=O)C(C)NC(=O)C(N)CCCCNOC(=O)Cc1ccccc1. The van der Waals surface area contributed by atoms with Crippen LogP contribution in [0.3, 0.4) is 0 Å². The second-order valence-corrected chi connectivity index (χ2v) is 11.4. The summed E-state index contributed by atoms with van der Waals surface area (Å²) in [7, 11) is 1.24. The van der Waals surface area contributed by atoms with Crippen molar-refractivity contribution in [3.05, 3.63) is 108 Å². The first-order valence-corrected chi connectivity index (χ1v) is 15.9. The van der Waals surface area contributed by atoms with Crippen LogP contribution in [0, 0.1) is 0 Å². The fourth-order valence-electron chi connectivity index (χ4n) is 4.82. The molecule has 12 heteroatoms. The van der Waals surface area contributed by atoms with Crippen LogP contribution in [-0.4, -0.2) is 67.5 Å². The smallest absolute Gasteiger partial charge is 0.329 e. The molecule has 0 aliphatic carbocycles. The topological polar surface area (TPSA) is 178 Å². The minimum atomic E-state index is -1.05. The van der Waals surface area contributed by atoms with Crippen molar-refractivity contribution < 1.29 is 33.5 Å². The Balaban J connectivity index is 1.48. The Morgan fingerprint density at radius 2 is 1.19 bits per heavy atom. The molecule has 3 aromatic carbocycles. The molecule has 0 bridgehead atoms. The maximum atomic E-state index is 13.5. The van der Waals surface area contributed by atoms with E-state index in [9.17, 15) is 24.0 Å². The van der Waals surface area contributed by atoms with E-state index in [0.717, 1.165) is 16.7 Å². The van der Waals surface area contributed by atoms with E-state index in [-0.39, 0.29) is 19.3 Å². The number of benzene rings is 3. The Kier molecular flexibility index (Phi) is 15.8. The predicted molar refractivity (Wildman–Crippen MR) is 180 cm³/mol. The fourth-order valence-corrected chi connectivity index (χ4v) is 4.82. The van der Waals surface area contributed by atoms with Gasteiger partial charge in [0.25, 0.3) is 0 Å². The molecule has 0 aliphatic heterocycles. The molecule has 3 amide bonds. The number of nitrogens with two attached hydrogens (primary N) is 1. The standard InChI is InChI=1S/C36H45N5O7/c1-25(39-34(44)29(37)20-12-13-21-38-48-32(42)24-28-18-10-5-11-19-28)33(43)40-30(22-26-14-6-3-7-15-26)35(45)41-31(36(46)47-2)23-27-16-8-4-9-17-27/h3-11,14-19,25,29-31,38H,12-13,20-24,37H2,1-2H3,(H,39,44)(H,40,43)(H,41,45). The summed E-state index contributed by atoms with van der Waals surface area (Å²) in [5.74, 6) is -2.70. The molecule has 0 aromatic heterocycles. The second kappa shape index (κ2) is 20.2. The predicted octanol–water partition coefficient (Wildman–Crippen LogP) is 1.91. The third kappa shape index (κ3) is 13.3. The van der Waals surface area contributed by atoms with Crippen molar-refractivity contribution in [3.8, 4) is 0 Å². The number of ether oxygens (including phenoxy) is 1. The monoisotopic (exact) mass is 659 g/mol. The number of hydroxylamine groups is 1. The molecular formula is C36H45N5O7. The molecule has 6 N–H and O–H groups in total. The maximum absolute atomic E-state index is 13.5. The van der Waals surface area contributed by atoms with Crippen molar-refractivity contribution in [2.75, 3.05) is 13.7 Å². The average molecular weight is 660 g/mol. The van der Waals surface area contributed by atoms with E-state index in [1.807, 2.05) is 91.0 Å². The van der Waals surface area contributed by atoms with Crippen LogP contribution < -0.4 is 27.2 Å². The summed E-state index contributed by atoms with van der Waals surface area (Å²) in [5.41, 5.74) is 11.2. The molecular weight excluding hydrogens is 614 g/mol. The quantitative estimate of drug-likeness (QED) is 0.0731. The van der Waals surface area contributed by atoms with Gasteiger partial charge in [0.1, 0.15) is 18.1 Å². The Morgan fingerprint density at radius 1 is 0.667 bits per heavy atom. The Bertz CT molecular complexity index is 1460. The third-order valence-electron chi connectivity index (χ3n) is 7.51.